The molecule has 0 saturated carbocycles. The number of nitrogens with one attached hydrogen (secondary N) is 1. The third-order valence-corrected chi connectivity index (χ3v) is 3.48. The molecule has 0 fully saturated rings. The molecule has 0 unspecified atom stereocenters. The maximum atomic E-state index is 11.1. The van der Waals surface area contributed by atoms with Crippen LogP contribution in [0, 0.1) is 0 Å². The molecule has 3 rings (SSSR count). The van der Waals surface area contributed by atoms with Crippen LogP contribution in [0.5, 0.6) is 0 Å². The van der Waals surface area contributed by atoms with Crippen LogP contribution >= 0.6 is 0 Å². The van der Waals surface area contributed by atoms with E-state index < -0.39 is 5.97 Å². The molecule has 18 heavy (non-hydrogen) atoms. The fourth-order valence-electron chi connectivity index (χ4n) is 2.56. The number of aromatic nitrogens is 2. The molecule has 4 heteroatoms. The van der Waals surface area contributed by atoms with Crippen LogP contribution in [0.15, 0.2) is 24.5 Å². The lowest BCUT2D eigenvalue weighted by molar-refractivity contribution is 0.0692. The molecule has 0 saturated heterocycles. The average molecular weight is 242 g/mol. The van der Waals surface area contributed by atoms with Crippen molar-refractivity contribution in [2.45, 2.75) is 25.7 Å². The van der Waals surface area contributed by atoms with Crippen LogP contribution in [0.25, 0.3) is 11.3 Å². The Morgan fingerprint density at radius 1 is 1.22 bits per heavy atom. The van der Waals surface area contributed by atoms with E-state index in [0.717, 1.165) is 18.4 Å². The molecule has 0 spiro atoms. The van der Waals surface area contributed by atoms with Gasteiger partial charge in [-0.25, -0.2) is 9.78 Å². The molecular formula is C14H14N2O2. The quantitative estimate of drug-likeness (QED) is 0.850. The van der Waals surface area contributed by atoms with Crippen LogP contribution < -0.4 is 0 Å². The predicted molar refractivity (Wildman–Crippen MR) is 67.6 cm³/mol. The van der Waals surface area contributed by atoms with Crippen LogP contribution in [0.1, 0.15) is 34.5 Å². The SMILES string of the molecule is O=C(O)c1[nH]cnc1-c1ccc2c(c1)CCCC2. The highest BCUT2D eigenvalue weighted by Crippen LogP contribution is 2.27. The summed E-state index contributed by atoms with van der Waals surface area (Å²) in [5.41, 5.74) is 4.28. The van der Waals surface area contributed by atoms with E-state index in [-0.39, 0.29) is 5.69 Å². The minimum Gasteiger partial charge on any atom is -0.477 e. The van der Waals surface area contributed by atoms with E-state index in [1.807, 2.05) is 6.07 Å². The molecule has 1 aliphatic carbocycles. The van der Waals surface area contributed by atoms with Gasteiger partial charge >= 0.3 is 5.97 Å². The van der Waals surface area contributed by atoms with Gasteiger partial charge in [-0.1, -0.05) is 12.1 Å². The zero-order valence-corrected chi connectivity index (χ0v) is 9.94. The van der Waals surface area contributed by atoms with E-state index >= 15 is 0 Å². The Bertz CT molecular complexity index is 602. The van der Waals surface area contributed by atoms with E-state index in [4.69, 9.17) is 5.11 Å². The largest absolute Gasteiger partial charge is 0.477 e. The summed E-state index contributed by atoms with van der Waals surface area (Å²) in [4.78, 5) is 17.9. The highest BCUT2D eigenvalue weighted by Gasteiger charge is 2.16. The Morgan fingerprint density at radius 2 is 2.00 bits per heavy atom. The van der Waals surface area contributed by atoms with Gasteiger partial charge in [0, 0.05) is 5.56 Å². The Hall–Kier alpha value is -2.10. The molecule has 1 aromatic heterocycles. The molecule has 1 aromatic carbocycles. The Labute approximate surface area is 105 Å². The molecule has 0 atom stereocenters. The molecule has 2 N–H and O–H groups in total. The van der Waals surface area contributed by atoms with Crippen LogP contribution in [-0.4, -0.2) is 21.0 Å². The summed E-state index contributed by atoms with van der Waals surface area (Å²) in [6, 6.07) is 6.15. The summed E-state index contributed by atoms with van der Waals surface area (Å²) in [5, 5.41) is 9.08. The molecular weight excluding hydrogens is 228 g/mol. The van der Waals surface area contributed by atoms with Crippen LogP contribution in [0.2, 0.25) is 0 Å². The number of benzene rings is 1. The van der Waals surface area contributed by atoms with E-state index in [1.165, 1.54) is 30.3 Å². The fraction of sp³-hybridized carbons (Fsp3) is 0.286. The first-order valence-electron chi connectivity index (χ1n) is 6.14. The molecule has 0 aliphatic heterocycles. The van der Waals surface area contributed by atoms with Gasteiger partial charge in [-0.3, -0.25) is 0 Å². The van der Waals surface area contributed by atoms with Crippen molar-refractivity contribution in [3.05, 3.63) is 41.3 Å². The summed E-state index contributed by atoms with van der Waals surface area (Å²) >= 11 is 0. The van der Waals surface area contributed by atoms with Gasteiger partial charge in [-0.15, -0.1) is 0 Å². The molecule has 1 aliphatic rings. The average Bonchev–Trinajstić information content (AvgIpc) is 2.87. The van der Waals surface area contributed by atoms with Crippen LogP contribution in [0.3, 0.4) is 0 Å². The minimum absolute atomic E-state index is 0.158. The summed E-state index contributed by atoms with van der Waals surface area (Å²) in [6.45, 7) is 0. The van der Waals surface area contributed by atoms with Crippen molar-refractivity contribution < 1.29 is 9.90 Å². The highest BCUT2D eigenvalue weighted by molar-refractivity contribution is 5.92. The first kappa shape index (κ1) is 11.0. The molecule has 0 amide bonds. The molecule has 0 radical (unpaired) electrons. The number of aromatic carboxylic acids is 1. The number of carbonyl (C=O) groups is 1. The maximum absolute atomic E-state index is 11.1. The van der Waals surface area contributed by atoms with Crippen molar-refractivity contribution in [3.63, 3.8) is 0 Å². The van der Waals surface area contributed by atoms with Gasteiger partial charge in [0.2, 0.25) is 0 Å². The number of carboxylic acid groups (broad SMARTS) is 1. The van der Waals surface area contributed by atoms with Gasteiger partial charge in [-0.2, -0.15) is 0 Å². The predicted octanol–water partition coefficient (Wildman–Crippen LogP) is 2.65. The van der Waals surface area contributed by atoms with Crippen molar-refractivity contribution in [3.8, 4) is 11.3 Å². The number of hydrogen-bond acceptors (Lipinski definition) is 2. The second-order valence-corrected chi connectivity index (χ2v) is 4.62. The number of fused-ring (bicyclic) bond motifs is 1. The van der Waals surface area contributed by atoms with Gasteiger partial charge in [0.1, 0.15) is 5.69 Å². The monoisotopic (exact) mass is 242 g/mol. The Balaban J connectivity index is 2.06. The number of nitrogens with zero attached hydrogens (tertiary/aromatic N) is 1. The normalized spacial score (nSPS) is 14.2. The van der Waals surface area contributed by atoms with Gasteiger partial charge in [-0.05, 0) is 42.9 Å². The fourth-order valence-corrected chi connectivity index (χ4v) is 2.56. The van der Waals surface area contributed by atoms with E-state index in [9.17, 15) is 4.79 Å². The summed E-state index contributed by atoms with van der Waals surface area (Å²) in [6.07, 6.45) is 6.09. The summed E-state index contributed by atoms with van der Waals surface area (Å²) in [7, 11) is 0. The molecule has 92 valence electrons. The smallest absolute Gasteiger partial charge is 0.354 e. The first-order valence-corrected chi connectivity index (χ1v) is 6.14. The van der Waals surface area contributed by atoms with Gasteiger partial charge in [0.15, 0.2) is 5.69 Å². The van der Waals surface area contributed by atoms with Crippen LogP contribution in [0.4, 0.5) is 0 Å². The number of hydrogen-bond donors (Lipinski definition) is 2. The second kappa shape index (κ2) is 4.29. The van der Waals surface area contributed by atoms with Crippen LogP contribution in [-0.2, 0) is 12.8 Å². The van der Waals surface area contributed by atoms with Crippen molar-refractivity contribution in [2.24, 2.45) is 0 Å². The zero-order chi connectivity index (χ0) is 12.5. The van der Waals surface area contributed by atoms with Gasteiger partial charge in [0.05, 0.1) is 6.33 Å². The van der Waals surface area contributed by atoms with Crippen molar-refractivity contribution in [1.82, 2.24) is 9.97 Å². The third kappa shape index (κ3) is 1.79. The van der Waals surface area contributed by atoms with Gasteiger partial charge < -0.3 is 10.1 Å². The van der Waals surface area contributed by atoms with Gasteiger partial charge in [0.25, 0.3) is 0 Å². The second-order valence-electron chi connectivity index (χ2n) is 4.62. The molecule has 0 bridgehead atoms. The number of carboxylic acids is 1. The highest BCUT2D eigenvalue weighted by atomic mass is 16.4. The van der Waals surface area contributed by atoms with Crippen molar-refractivity contribution in [1.29, 1.82) is 0 Å². The summed E-state index contributed by atoms with van der Waals surface area (Å²) < 4.78 is 0. The molecule has 1 heterocycles. The minimum atomic E-state index is -0.972. The Kier molecular flexibility index (Phi) is 2.63. The molecule has 4 nitrogen and oxygen atoms in total. The maximum Gasteiger partial charge on any atom is 0.354 e. The Morgan fingerprint density at radius 3 is 2.78 bits per heavy atom. The third-order valence-electron chi connectivity index (χ3n) is 3.48. The standard InChI is InChI=1S/C14H14N2O2/c17-14(18)13-12(15-8-16-13)11-6-5-9-3-1-2-4-10(9)7-11/h5-8H,1-4H2,(H,15,16)(H,17,18). The van der Waals surface area contributed by atoms with Crippen molar-refractivity contribution >= 4 is 5.97 Å². The number of aromatic amines is 1. The molecule has 2 aromatic rings. The number of H-pyrrole nitrogens is 1. The first-order chi connectivity index (χ1) is 8.75. The summed E-state index contributed by atoms with van der Waals surface area (Å²) in [5.74, 6) is -0.972. The topological polar surface area (TPSA) is 66.0 Å². The van der Waals surface area contributed by atoms with E-state index in [2.05, 4.69) is 22.1 Å². The van der Waals surface area contributed by atoms with E-state index in [1.54, 1.807) is 0 Å². The van der Waals surface area contributed by atoms with E-state index in [0.29, 0.717) is 5.69 Å². The number of rotatable bonds is 2. The number of aryl methyl sites for hydroxylation is 2. The lowest BCUT2D eigenvalue weighted by atomic mass is 9.90. The lowest BCUT2D eigenvalue weighted by Crippen LogP contribution is -2.03. The number of imidazole rings is 1. The lowest BCUT2D eigenvalue weighted by Gasteiger charge is -2.16. The zero-order valence-electron chi connectivity index (χ0n) is 9.94. The van der Waals surface area contributed by atoms with Crippen molar-refractivity contribution in [2.75, 3.05) is 0 Å².